The quantitative estimate of drug-likeness (QED) is 0.443. The number of nitrogens with one attached hydrogen (secondary N) is 1. The van der Waals surface area contributed by atoms with Crippen LogP contribution in [0.2, 0.25) is 0 Å². The Kier molecular flexibility index (Phi) is 5.61. The van der Waals surface area contributed by atoms with Crippen LogP contribution in [-0.4, -0.2) is 65.8 Å². The Hall–Kier alpha value is -2.52. The van der Waals surface area contributed by atoms with Crippen molar-refractivity contribution >= 4 is 23.2 Å². The molecule has 0 saturated carbocycles. The average Bonchev–Trinajstić information content (AvgIpc) is 2.55. The molecule has 23 heavy (non-hydrogen) atoms. The minimum atomic E-state index is -0.794. The van der Waals surface area contributed by atoms with Crippen LogP contribution in [0.25, 0.3) is 0 Å². The Bertz CT molecular complexity index is 599. The monoisotopic (exact) mass is 321 g/mol. The van der Waals surface area contributed by atoms with Crippen LogP contribution in [0.5, 0.6) is 0 Å². The van der Waals surface area contributed by atoms with Crippen molar-refractivity contribution in [3.05, 3.63) is 34.4 Å². The van der Waals surface area contributed by atoms with E-state index in [4.69, 9.17) is 5.73 Å². The predicted octanol–water partition coefficient (Wildman–Crippen LogP) is -0.364. The Morgan fingerprint density at radius 2 is 1.96 bits per heavy atom. The summed E-state index contributed by atoms with van der Waals surface area (Å²) in [4.78, 5) is 37.9. The predicted molar refractivity (Wildman–Crippen MR) is 83.8 cm³/mol. The lowest BCUT2D eigenvalue weighted by Crippen LogP contribution is -2.52. The van der Waals surface area contributed by atoms with E-state index in [1.807, 2.05) is 0 Å². The number of non-ortho nitro benzene ring substituents is 1. The molecule has 1 aromatic rings. The van der Waals surface area contributed by atoms with E-state index >= 15 is 0 Å². The lowest BCUT2D eigenvalue weighted by Gasteiger charge is -2.34. The molecule has 0 spiro atoms. The fraction of sp³-hybridized carbons (Fsp3) is 0.429. The molecule has 124 valence electrons. The molecule has 1 aromatic carbocycles. The van der Waals surface area contributed by atoms with E-state index in [1.54, 1.807) is 0 Å². The molecule has 9 nitrogen and oxygen atoms in total. The molecule has 1 aliphatic rings. The van der Waals surface area contributed by atoms with Gasteiger partial charge in [-0.25, -0.2) is 0 Å². The van der Waals surface area contributed by atoms with Crippen molar-refractivity contribution in [2.24, 2.45) is 5.73 Å². The molecule has 0 unspecified atom stereocenters. The molecule has 1 fully saturated rings. The van der Waals surface area contributed by atoms with Gasteiger partial charge in [-0.2, -0.15) is 0 Å². The number of anilines is 1. The van der Waals surface area contributed by atoms with Crippen molar-refractivity contribution in [3.8, 4) is 0 Å². The van der Waals surface area contributed by atoms with E-state index in [9.17, 15) is 19.7 Å². The van der Waals surface area contributed by atoms with E-state index in [1.165, 1.54) is 29.2 Å². The van der Waals surface area contributed by atoms with Gasteiger partial charge in [0.15, 0.2) is 0 Å². The molecular weight excluding hydrogens is 302 g/mol. The topological polar surface area (TPSA) is 122 Å². The van der Waals surface area contributed by atoms with Crippen LogP contribution < -0.4 is 11.1 Å². The molecule has 0 bridgehead atoms. The van der Waals surface area contributed by atoms with Crippen LogP contribution in [0.1, 0.15) is 0 Å². The Balaban J connectivity index is 1.92. The standard InChI is InChI=1S/C14H19N5O4/c15-4-5-17-6-8-18(9-7-17)14(21)13(20)16-11-2-1-3-12(10-11)19(22)23/h1-3,10H,4-9,15H2,(H,16,20). The molecule has 9 heteroatoms. The Morgan fingerprint density at radius 3 is 2.57 bits per heavy atom. The first-order valence-electron chi connectivity index (χ1n) is 7.28. The fourth-order valence-corrected chi connectivity index (χ4v) is 2.38. The van der Waals surface area contributed by atoms with Crippen molar-refractivity contribution in [2.45, 2.75) is 0 Å². The second kappa shape index (κ2) is 7.65. The normalized spacial score (nSPS) is 15.3. The number of piperazine rings is 1. The van der Waals surface area contributed by atoms with Gasteiger partial charge in [-0.3, -0.25) is 24.6 Å². The van der Waals surface area contributed by atoms with Gasteiger partial charge in [0, 0.05) is 57.1 Å². The van der Waals surface area contributed by atoms with Gasteiger partial charge in [0.2, 0.25) is 0 Å². The van der Waals surface area contributed by atoms with E-state index in [-0.39, 0.29) is 11.4 Å². The number of amides is 2. The third kappa shape index (κ3) is 4.47. The Labute approximate surface area is 133 Å². The number of hydrogen-bond acceptors (Lipinski definition) is 6. The van der Waals surface area contributed by atoms with Gasteiger partial charge in [0.05, 0.1) is 4.92 Å². The summed E-state index contributed by atoms with van der Waals surface area (Å²) in [6, 6.07) is 5.47. The van der Waals surface area contributed by atoms with Crippen molar-refractivity contribution in [2.75, 3.05) is 44.6 Å². The number of nitrogens with two attached hydrogens (primary N) is 1. The largest absolute Gasteiger partial charge is 0.332 e. The number of nitro groups is 1. The van der Waals surface area contributed by atoms with Gasteiger partial charge in [-0.05, 0) is 6.07 Å². The van der Waals surface area contributed by atoms with Gasteiger partial charge in [0.1, 0.15) is 0 Å². The van der Waals surface area contributed by atoms with Crippen LogP contribution in [-0.2, 0) is 9.59 Å². The lowest BCUT2D eigenvalue weighted by molar-refractivity contribution is -0.384. The number of carbonyl (C=O) groups is 2. The highest BCUT2D eigenvalue weighted by Gasteiger charge is 2.26. The average molecular weight is 321 g/mol. The summed E-state index contributed by atoms with van der Waals surface area (Å²) in [5, 5.41) is 13.1. The summed E-state index contributed by atoms with van der Waals surface area (Å²) in [5.74, 6) is -1.43. The minimum absolute atomic E-state index is 0.148. The van der Waals surface area contributed by atoms with Crippen LogP contribution in [0.4, 0.5) is 11.4 Å². The number of hydrogen-bond donors (Lipinski definition) is 2. The molecule has 1 saturated heterocycles. The number of benzene rings is 1. The molecule has 0 aromatic heterocycles. The zero-order chi connectivity index (χ0) is 16.8. The lowest BCUT2D eigenvalue weighted by atomic mass is 10.2. The number of nitrogens with zero attached hydrogens (tertiary/aromatic N) is 3. The summed E-state index contributed by atoms with van der Waals surface area (Å²) >= 11 is 0. The van der Waals surface area contributed by atoms with Crippen molar-refractivity contribution in [1.29, 1.82) is 0 Å². The maximum absolute atomic E-state index is 12.1. The second-order valence-electron chi connectivity index (χ2n) is 5.18. The Morgan fingerprint density at radius 1 is 1.26 bits per heavy atom. The molecule has 0 radical (unpaired) electrons. The van der Waals surface area contributed by atoms with Gasteiger partial charge in [-0.1, -0.05) is 6.07 Å². The molecule has 0 atom stereocenters. The molecular formula is C14H19N5O4. The van der Waals surface area contributed by atoms with Crippen molar-refractivity contribution < 1.29 is 14.5 Å². The third-order valence-corrected chi connectivity index (χ3v) is 3.61. The summed E-state index contributed by atoms with van der Waals surface area (Å²) < 4.78 is 0. The maximum Gasteiger partial charge on any atom is 0.313 e. The number of nitro benzene ring substituents is 1. The third-order valence-electron chi connectivity index (χ3n) is 3.61. The first-order valence-corrected chi connectivity index (χ1v) is 7.28. The van der Waals surface area contributed by atoms with E-state index < -0.39 is 16.7 Å². The van der Waals surface area contributed by atoms with Gasteiger partial charge >= 0.3 is 11.8 Å². The first-order chi connectivity index (χ1) is 11.0. The summed E-state index contributed by atoms with van der Waals surface area (Å²) in [6.45, 7) is 3.59. The molecule has 1 aliphatic heterocycles. The van der Waals surface area contributed by atoms with E-state index in [0.717, 1.165) is 6.54 Å². The molecule has 0 aliphatic carbocycles. The number of carbonyl (C=O) groups excluding carboxylic acids is 2. The number of rotatable bonds is 4. The van der Waals surface area contributed by atoms with Crippen molar-refractivity contribution in [1.82, 2.24) is 9.80 Å². The van der Waals surface area contributed by atoms with Crippen LogP contribution in [0, 0.1) is 10.1 Å². The zero-order valence-electron chi connectivity index (χ0n) is 12.6. The summed E-state index contributed by atoms with van der Waals surface area (Å²) in [5.41, 5.74) is 5.56. The minimum Gasteiger partial charge on any atom is -0.332 e. The van der Waals surface area contributed by atoms with Crippen molar-refractivity contribution in [3.63, 3.8) is 0 Å². The van der Waals surface area contributed by atoms with Gasteiger partial charge in [0.25, 0.3) is 5.69 Å². The van der Waals surface area contributed by atoms with Gasteiger partial charge < -0.3 is 16.0 Å². The highest BCUT2D eigenvalue weighted by molar-refractivity contribution is 6.39. The van der Waals surface area contributed by atoms with E-state index in [0.29, 0.717) is 32.7 Å². The van der Waals surface area contributed by atoms with E-state index in [2.05, 4.69) is 10.2 Å². The second-order valence-corrected chi connectivity index (χ2v) is 5.18. The summed E-state index contributed by atoms with van der Waals surface area (Å²) in [7, 11) is 0. The van der Waals surface area contributed by atoms with Crippen LogP contribution in [0.3, 0.4) is 0 Å². The SMILES string of the molecule is NCCN1CCN(C(=O)C(=O)Nc2cccc([N+](=O)[O-])c2)CC1. The molecule has 2 rings (SSSR count). The molecule has 2 amide bonds. The highest BCUT2D eigenvalue weighted by Crippen LogP contribution is 2.17. The smallest absolute Gasteiger partial charge is 0.313 e. The molecule has 3 N–H and O–H groups in total. The molecule has 1 heterocycles. The van der Waals surface area contributed by atoms with Crippen LogP contribution in [0.15, 0.2) is 24.3 Å². The highest BCUT2D eigenvalue weighted by atomic mass is 16.6. The maximum atomic E-state index is 12.1. The zero-order valence-corrected chi connectivity index (χ0v) is 12.6. The van der Waals surface area contributed by atoms with Gasteiger partial charge in [-0.15, -0.1) is 0 Å². The van der Waals surface area contributed by atoms with Crippen LogP contribution >= 0.6 is 0 Å². The first kappa shape index (κ1) is 16.8. The summed E-state index contributed by atoms with van der Waals surface area (Å²) in [6.07, 6.45) is 0. The fourth-order valence-electron chi connectivity index (χ4n) is 2.38.